The van der Waals surface area contributed by atoms with Crippen LogP contribution < -0.4 is 20.5 Å². The van der Waals surface area contributed by atoms with E-state index in [0.717, 1.165) is 5.56 Å². The number of anilines is 2. The van der Waals surface area contributed by atoms with Crippen molar-refractivity contribution >= 4 is 23.4 Å². The van der Waals surface area contributed by atoms with E-state index in [0.29, 0.717) is 22.9 Å². The van der Waals surface area contributed by atoms with Gasteiger partial charge in [-0.25, -0.2) is 0 Å². The minimum absolute atomic E-state index is 0.00797. The lowest BCUT2D eigenvalue weighted by molar-refractivity contribution is -0.111. The summed E-state index contributed by atoms with van der Waals surface area (Å²) in [5.74, 6) is 0.961. The molecular formula is C19H22N2O3. The Labute approximate surface area is 142 Å². The molecule has 5 nitrogen and oxygen atoms in total. The standard InChI is InChI=1S/C19H22N2O3/c1-13(2)24-19-14(7-6-10-17(19)23-3)11-12-18(22)21-16-9-5-4-8-15(16)20/h4-13H,20H2,1-3H3,(H,21,22). The summed E-state index contributed by atoms with van der Waals surface area (Å²) in [7, 11) is 1.58. The summed E-state index contributed by atoms with van der Waals surface area (Å²) < 4.78 is 11.1. The number of rotatable bonds is 6. The van der Waals surface area contributed by atoms with E-state index in [2.05, 4.69) is 5.32 Å². The fraction of sp³-hybridized carbons (Fsp3) is 0.211. The van der Waals surface area contributed by atoms with Crippen molar-refractivity contribution in [3.63, 3.8) is 0 Å². The van der Waals surface area contributed by atoms with E-state index in [1.165, 1.54) is 6.08 Å². The van der Waals surface area contributed by atoms with Gasteiger partial charge in [-0.3, -0.25) is 4.79 Å². The average Bonchev–Trinajstić information content (AvgIpc) is 2.55. The molecule has 0 aliphatic rings. The third-order valence-electron chi connectivity index (χ3n) is 3.22. The van der Waals surface area contributed by atoms with Gasteiger partial charge in [0.15, 0.2) is 11.5 Å². The van der Waals surface area contributed by atoms with Crippen molar-refractivity contribution in [2.45, 2.75) is 20.0 Å². The smallest absolute Gasteiger partial charge is 0.248 e. The molecule has 0 aliphatic carbocycles. The van der Waals surface area contributed by atoms with E-state index >= 15 is 0 Å². The van der Waals surface area contributed by atoms with E-state index in [1.807, 2.05) is 44.2 Å². The van der Waals surface area contributed by atoms with Crippen LogP contribution in [-0.4, -0.2) is 19.1 Å². The van der Waals surface area contributed by atoms with Crippen LogP contribution in [0.3, 0.4) is 0 Å². The number of nitrogen functional groups attached to an aromatic ring is 1. The van der Waals surface area contributed by atoms with Crippen LogP contribution >= 0.6 is 0 Å². The molecule has 0 aromatic heterocycles. The molecule has 5 heteroatoms. The Kier molecular flexibility index (Phi) is 5.84. The zero-order valence-corrected chi connectivity index (χ0v) is 14.1. The van der Waals surface area contributed by atoms with Crippen LogP contribution in [0.4, 0.5) is 11.4 Å². The number of methoxy groups -OCH3 is 1. The van der Waals surface area contributed by atoms with Crippen molar-refractivity contribution in [1.82, 2.24) is 0 Å². The van der Waals surface area contributed by atoms with Crippen molar-refractivity contribution in [3.05, 3.63) is 54.1 Å². The predicted molar refractivity (Wildman–Crippen MR) is 97.3 cm³/mol. The first-order valence-corrected chi connectivity index (χ1v) is 7.68. The molecule has 0 atom stereocenters. The summed E-state index contributed by atoms with van der Waals surface area (Å²) in [5, 5.41) is 2.75. The molecule has 0 fully saturated rings. The van der Waals surface area contributed by atoms with Crippen LogP contribution in [0.25, 0.3) is 6.08 Å². The van der Waals surface area contributed by atoms with Crippen molar-refractivity contribution in [2.24, 2.45) is 0 Å². The highest BCUT2D eigenvalue weighted by atomic mass is 16.5. The van der Waals surface area contributed by atoms with Crippen molar-refractivity contribution < 1.29 is 14.3 Å². The normalized spacial score (nSPS) is 10.8. The van der Waals surface area contributed by atoms with E-state index in [-0.39, 0.29) is 12.0 Å². The molecule has 2 aromatic carbocycles. The van der Waals surface area contributed by atoms with Crippen LogP contribution in [0.15, 0.2) is 48.5 Å². The quantitative estimate of drug-likeness (QED) is 0.627. The van der Waals surface area contributed by atoms with Crippen molar-refractivity contribution in [2.75, 3.05) is 18.2 Å². The Morgan fingerprint density at radius 3 is 2.58 bits per heavy atom. The number of hydrogen-bond acceptors (Lipinski definition) is 4. The fourth-order valence-corrected chi connectivity index (χ4v) is 2.14. The van der Waals surface area contributed by atoms with E-state index < -0.39 is 0 Å². The van der Waals surface area contributed by atoms with E-state index in [4.69, 9.17) is 15.2 Å². The SMILES string of the molecule is COc1cccc(C=CC(=O)Nc2ccccc2N)c1OC(C)C. The maximum Gasteiger partial charge on any atom is 0.248 e. The van der Waals surface area contributed by atoms with Gasteiger partial charge in [0.05, 0.1) is 24.6 Å². The number of hydrogen-bond donors (Lipinski definition) is 2. The second kappa shape index (κ2) is 8.06. The van der Waals surface area contributed by atoms with Gasteiger partial charge < -0.3 is 20.5 Å². The van der Waals surface area contributed by atoms with Gasteiger partial charge >= 0.3 is 0 Å². The topological polar surface area (TPSA) is 73.6 Å². The highest BCUT2D eigenvalue weighted by molar-refractivity contribution is 6.03. The largest absolute Gasteiger partial charge is 0.493 e. The highest BCUT2D eigenvalue weighted by Crippen LogP contribution is 2.32. The number of carbonyl (C=O) groups excluding carboxylic acids is 1. The monoisotopic (exact) mass is 326 g/mol. The molecule has 0 spiro atoms. The first-order valence-electron chi connectivity index (χ1n) is 7.68. The summed E-state index contributed by atoms with van der Waals surface area (Å²) in [6, 6.07) is 12.6. The number of carbonyl (C=O) groups is 1. The summed E-state index contributed by atoms with van der Waals surface area (Å²) in [5.41, 5.74) is 7.68. The molecule has 0 heterocycles. The third-order valence-corrected chi connectivity index (χ3v) is 3.22. The molecular weight excluding hydrogens is 304 g/mol. The zero-order valence-electron chi connectivity index (χ0n) is 14.1. The summed E-state index contributed by atoms with van der Waals surface area (Å²) in [6.45, 7) is 3.87. The first-order chi connectivity index (χ1) is 11.5. The predicted octanol–water partition coefficient (Wildman–Crippen LogP) is 3.72. The average molecular weight is 326 g/mol. The van der Waals surface area contributed by atoms with Crippen molar-refractivity contribution in [3.8, 4) is 11.5 Å². The van der Waals surface area contributed by atoms with Crippen LogP contribution in [0, 0.1) is 0 Å². The molecule has 126 valence electrons. The first kappa shape index (κ1) is 17.4. The Morgan fingerprint density at radius 2 is 1.92 bits per heavy atom. The molecule has 24 heavy (non-hydrogen) atoms. The van der Waals surface area contributed by atoms with Crippen molar-refractivity contribution in [1.29, 1.82) is 0 Å². The number of para-hydroxylation sites is 3. The number of nitrogens with one attached hydrogen (secondary N) is 1. The van der Waals surface area contributed by atoms with Gasteiger partial charge in [-0.05, 0) is 38.1 Å². The Hall–Kier alpha value is -2.95. The maximum absolute atomic E-state index is 12.1. The minimum Gasteiger partial charge on any atom is -0.493 e. The summed E-state index contributed by atoms with van der Waals surface area (Å²) >= 11 is 0. The van der Waals surface area contributed by atoms with E-state index in [1.54, 1.807) is 25.3 Å². The molecule has 0 aliphatic heterocycles. The van der Waals surface area contributed by atoms with E-state index in [9.17, 15) is 4.79 Å². The van der Waals surface area contributed by atoms with Gasteiger partial charge in [0.25, 0.3) is 0 Å². The maximum atomic E-state index is 12.1. The molecule has 2 aromatic rings. The molecule has 0 unspecified atom stereocenters. The lowest BCUT2D eigenvalue weighted by atomic mass is 10.1. The number of benzene rings is 2. The Balaban J connectivity index is 2.19. The molecule has 2 rings (SSSR count). The zero-order chi connectivity index (χ0) is 17.5. The minimum atomic E-state index is -0.272. The Morgan fingerprint density at radius 1 is 1.17 bits per heavy atom. The van der Waals surface area contributed by atoms with Gasteiger partial charge in [0.1, 0.15) is 0 Å². The summed E-state index contributed by atoms with van der Waals surface area (Å²) in [6.07, 6.45) is 3.12. The van der Waals surface area contributed by atoms with Crippen LogP contribution in [-0.2, 0) is 4.79 Å². The van der Waals surface area contributed by atoms with Gasteiger partial charge in [-0.2, -0.15) is 0 Å². The second-order valence-corrected chi connectivity index (χ2v) is 5.46. The molecule has 0 bridgehead atoms. The number of amides is 1. The fourth-order valence-electron chi connectivity index (χ4n) is 2.14. The molecule has 0 saturated carbocycles. The van der Waals surface area contributed by atoms with Gasteiger partial charge in [0.2, 0.25) is 5.91 Å². The lowest BCUT2D eigenvalue weighted by Crippen LogP contribution is -2.10. The highest BCUT2D eigenvalue weighted by Gasteiger charge is 2.10. The summed E-state index contributed by atoms with van der Waals surface area (Å²) in [4.78, 5) is 12.1. The van der Waals surface area contributed by atoms with Crippen LogP contribution in [0.2, 0.25) is 0 Å². The van der Waals surface area contributed by atoms with Gasteiger partial charge in [-0.1, -0.05) is 24.3 Å². The molecule has 0 radical (unpaired) electrons. The van der Waals surface area contributed by atoms with Gasteiger partial charge in [0, 0.05) is 11.6 Å². The van der Waals surface area contributed by atoms with Crippen LogP contribution in [0.1, 0.15) is 19.4 Å². The molecule has 1 amide bonds. The lowest BCUT2D eigenvalue weighted by Gasteiger charge is -2.15. The second-order valence-electron chi connectivity index (χ2n) is 5.46. The Bertz CT molecular complexity index is 739. The number of nitrogens with two attached hydrogens (primary N) is 1. The number of ether oxygens (including phenoxy) is 2. The molecule has 0 saturated heterocycles. The third kappa shape index (κ3) is 4.52. The molecule has 3 N–H and O–H groups in total. The van der Waals surface area contributed by atoms with Crippen LogP contribution in [0.5, 0.6) is 11.5 Å². The van der Waals surface area contributed by atoms with Gasteiger partial charge in [-0.15, -0.1) is 0 Å².